The predicted octanol–water partition coefficient (Wildman–Crippen LogP) is 1.07. The van der Waals surface area contributed by atoms with Crippen molar-refractivity contribution in [3.8, 4) is 0 Å². The van der Waals surface area contributed by atoms with E-state index < -0.39 is 5.97 Å². The molecule has 0 aliphatic heterocycles. The van der Waals surface area contributed by atoms with Crippen molar-refractivity contribution in [3.63, 3.8) is 0 Å². The highest BCUT2D eigenvalue weighted by Crippen LogP contribution is 1.75. The van der Waals surface area contributed by atoms with Crippen LogP contribution < -0.4 is 0 Å². The van der Waals surface area contributed by atoms with Crippen molar-refractivity contribution in [1.29, 1.82) is 0 Å². The Balaban J connectivity index is 0. The lowest BCUT2D eigenvalue weighted by atomic mass is 10.6. The summed E-state index contributed by atoms with van der Waals surface area (Å²) >= 11 is 0. The zero-order valence-electron chi connectivity index (χ0n) is 7.03. The van der Waals surface area contributed by atoms with E-state index in [1.807, 2.05) is 0 Å². The average Bonchev–Trinajstić information content (AvgIpc) is 2.14. The van der Waals surface area contributed by atoms with Gasteiger partial charge in [-0.05, 0) is 0 Å². The number of hydrogen-bond acceptors (Lipinski definition) is 3. The van der Waals surface area contributed by atoms with Crippen LogP contribution in [0.25, 0.3) is 0 Å². The van der Waals surface area contributed by atoms with Gasteiger partial charge in [-0.3, -0.25) is 0 Å². The lowest BCUT2D eigenvalue weighted by Gasteiger charge is -1.94. The molecule has 3 nitrogen and oxygen atoms in total. The molecule has 0 aliphatic rings. The summed E-state index contributed by atoms with van der Waals surface area (Å²) in [5.74, 6) is -0.501. The van der Waals surface area contributed by atoms with E-state index in [-0.39, 0.29) is 13.2 Å². The van der Waals surface area contributed by atoms with Gasteiger partial charge in [0.2, 0.25) is 0 Å². The van der Waals surface area contributed by atoms with Gasteiger partial charge < -0.3 is 9.84 Å². The second-order valence-corrected chi connectivity index (χ2v) is 1.57. The maximum Gasteiger partial charge on any atom is 0.330 e. The summed E-state index contributed by atoms with van der Waals surface area (Å²) in [6.45, 7) is 9.79. The molecule has 0 aromatic rings. The van der Waals surface area contributed by atoms with Crippen LogP contribution in [0.2, 0.25) is 0 Å². The number of hydrogen-bond donors (Lipinski definition) is 1. The van der Waals surface area contributed by atoms with E-state index in [1.165, 1.54) is 0 Å². The molecule has 0 bridgehead atoms. The van der Waals surface area contributed by atoms with Gasteiger partial charge in [0, 0.05) is 6.08 Å². The van der Waals surface area contributed by atoms with E-state index in [0.717, 1.165) is 6.08 Å². The number of aliphatic hydroxyl groups excluding tert-OH is 1. The zero-order valence-corrected chi connectivity index (χ0v) is 7.03. The van der Waals surface area contributed by atoms with Gasteiger partial charge in [0.1, 0.15) is 6.61 Å². The molecule has 0 amide bonds. The third kappa shape index (κ3) is 15.9. The van der Waals surface area contributed by atoms with Crippen LogP contribution in [0.4, 0.5) is 0 Å². The summed E-state index contributed by atoms with van der Waals surface area (Å²) in [6.07, 6.45) is 4.33. The minimum atomic E-state index is -0.501. The van der Waals surface area contributed by atoms with Crippen molar-refractivity contribution in [3.05, 3.63) is 38.0 Å². The molecular formula is C9H14O3. The monoisotopic (exact) mass is 170 g/mol. The first kappa shape index (κ1) is 13.3. The highest BCUT2D eigenvalue weighted by atomic mass is 16.5. The van der Waals surface area contributed by atoms with Gasteiger partial charge in [0.15, 0.2) is 0 Å². The Labute approximate surface area is 72.7 Å². The summed E-state index contributed by atoms with van der Waals surface area (Å²) in [5.41, 5.74) is 0. The summed E-state index contributed by atoms with van der Waals surface area (Å²) in [5, 5.41) is 8.10. The summed E-state index contributed by atoms with van der Waals surface area (Å²) in [4.78, 5) is 10.1. The molecule has 0 heterocycles. The van der Waals surface area contributed by atoms with Gasteiger partial charge in [0.05, 0.1) is 6.61 Å². The molecule has 0 aromatic heterocycles. The molecule has 0 rings (SSSR count). The molecule has 0 saturated carbocycles. The number of ether oxygens (including phenoxy) is 1. The van der Waals surface area contributed by atoms with Crippen molar-refractivity contribution in [2.75, 3.05) is 13.2 Å². The highest BCUT2D eigenvalue weighted by molar-refractivity contribution is 5.81. The lowest BCUT2D eigenvalue weighted by Crippen LogP contribution is -2.04. The van der Waals surface area contributed by atoms with E-state index in [1.54, 1.807) is 12.2 Å². The van der Waals surface area contributed by atoms with Gasteiger partial charge in [-0.2, -0.15) is 0 Å². The van der Waals surface area contributed by atoms with E-state index in [2.05, 4.69) is 24.5 Å². The zero-order chi connectivity index (χ0) is 9.82. The second kappa shape index (κ2) is 12.3. The Morgan fingerprint density at radius 1 is 1.33 bits per heavy atom. The van der Waals surface area contributed by atoms with Gasteiger partial charge in [-0.1, -0.05) is 31.9 Å². The van der Waals surface area contributed by atoms with Gasteiger partial charge in [-0.25, -0.2) is 4.79 Å². The number of aliphatic hydroxyl groups is 1. The quantitative estimate of drug-likeness (QED) is 0.390. The SMILES string of the molecule is C=CC(=O)OCCO.C=CC=C. The van der Waals surface area contributed by atoms with Crippen LogP contribution in [0.3, 0.4) is 0 Å². The molecular weight excluding hydrogens is 156 g/mol. The second-order valence-electron chi connectivity index (χ2n) is 1.57. The molecule has 0 radical (unpaired) electrons. The fourth-order valence-electron chi connectivity index (χ4n) is 0.205. The molecule has 0 atom stereocenters. The summed E-state index contributed by atoms with van der Waals surface area (Å²) < 4.78 is 4.33. The third-order valence-corrected chi connectivity index (χ3v) is 0.669. The molecule has 0 aliphatic carbocycles. The van der Waals surface area contributed by atoms with E-state index >= 15 is 0 Å². The van der Waals surface area contributed by atoms with Gasteiger partial charge in [-0.15, -0.1) is 0 Å². The Bertz CT molecular complexity index is 144. The van der Waals surface area contributed by atoms with Crippen molar-refractivity contribution < 1.29 is 14.6 Å². The molecule has 0 aromatic carbocycles. The topological polar surface area (TPSA) is 46.5 Å². The smallest absolute Gasteiger partial charge is 0.330 e. The molecule has 0 fully saturated rings. The maximum atomic E-state index is 10.1. The number of allylic oxidation sites excluding steroid dienone is 2. The minimum Gasteiger partial charge on any atom is -0.460 e. The van der Waals surface area contributed by atoms with Crippen molar-refractivity contribution in [1.82, 2.24) is 0 Å². The molecule has 1 N–H and O–H groups in total. The molecule has 12 heavy (non-hydrogen) atoms. The average molecular weight is 170 g/mol. The summed E-state index contributed by atoms with van der Waals surface area (Å²) in [6, 6.07) is 0. The summed E-state index contributed by atoms with van der Waals surface area (Å²) in [7, 11) is 0. The van der Waals surface area contributed by atoms with Crippen LogP contribution in [-0.4, -0.2) is 24.3 Å². The number of esters is 1. The van der Waals surface area contributed by atoms with E-state index in [0.29, 0.717) is 0 Å². The first-order chi connectivity index (χ1) is 5.72. The Morgan fingerprint density at radius 2 is 1.83 bits per heavy atom. The van der Waals surface area contributed by atoms with Crippen LogP contribution >= 0.6 is 0 Å². The van der Waals surface area contributed by atoms with Crippen LogP contribution in [0, 0.1) is 0 Å². The predicted molar refractivity (Wildman–Crippen MR) is 48.6 cm³/mol. The maximum absolute atomic E-state index is 10.1. The first-order valence-corrected chi connectivity index (χ1v) is 3.36. The standard InChI is InChI=1S/C5H8O3.C4H6/c1-2-5(7)8-4-3-6;1-3-4-2/h2,6H,1,3-4H2;3-4H,1-2H2. The Hall–Kier alpha value is -1.35. The third-order valence-electron chi connectivity index (χ3n) is 0.669. The normalized spacial score (nSPS) is 7.08. The van der Waals surface area contributed by atoms with Crippen LogP contribution in [0.1, 0.15) is 0 Å². The lowest BCUT2D eigenvalue weighted by molar-refractivity contribution is -0.138. The van der Waals surface area contributed by atoms with Crippen LogP contribution in [0.5, 0.6) is 0 Å². The molecule has 0 spiro atoms. The van der Waals surface area contributed by atoms with Crippen molar-refractivity contribution in [2.24, 2.45) is 0 Å². The van der Waals surface area contributed by atoms with E-state index in [4.69, 9.17) is 5.11 Å². The van der Waals surface area contributed by atoms with Crippen molar-refractivity contribution >= 4 is 5.97 Å². The Kier molecular flexibility index (Phi) is 13.6. The van der Waals surface area contributed by atoms with Crippen molar-refractivity contribution in [2.45, 2.75) is 0 Å². The highest BCUT2D eigenvalue weighted by Gasteiger charge is 1.90. The van der Waals surface area contributed by atoms with Crippen LogP contribution in [-0.2, 0) is 9.53 Å². The largest absolute Gasteiger partial charge is 0.460 e. The fourth-order valence-corrected chi connectivity index (χ4v) is 0.205. The Morgan fingerprint density at radius 3 is 2.08 bits per heavy atom. The van der Waals surface area contributed by atoms with Crippen LogP contribution in [0.15, 0.2) is 38.0 Å². The number of rotatable bonds is 4. The molecule has 68 valence electrons. The first-order valence-electron chi connectivity index (χ1n) is 3.36. The fraction of sp³-hybridized carbons (Fsp3) is 0.222. The molecule has 0 saturated heterocycles. The van der Waals surface area contributed by atoms with Gasteiger partial charge in [0.25, 0.3) is 0 Å². The van der Waals surface area contributed by atoms with E-state index in [9.17, 15) is 4.79 Å². The van der Waals surface area contributed by atoms with Gasteiger partial charge >= 0.3 is 5.97 Å². The molecule has 0 unspecified atom stereocenters. The molecule has 3 heteroatoms. The number of carbonyl (C=O) groups excluding carboxylic acids is 1. The number of carbonyl (C=O) groups is 1. The minimum absolute atomic E-state index is 0.0465.